The quantitative estimate of drug-likeness (QED) is 0.344. The molecular weight excluding hydrogens is 435 g/mol. The summed E-state index contributed by atoms with van der Waals surface area (Å²) in [6.45, 7) is 0. The largest absolute Gasteiger partial charge is 0.384 e. The van der Waals surface area contributed by atoms with E-state index in [9.17, 15) is 8.42 Å². The van der Waals surface area contributed by atoms with E-state index >= 15 is 0 Å². The van der Waals surface area contributed by atoms with E-state index in [2.05, 4.69) is 4.98 Å². The molecule has 0 radical (unpaired) electrons. The summed E-state index contributed by atoms with van der Waals surface area (Å²) in [6.07, 6.45) is 2.72. The van der Waals surface area contributed by atoms with Crippen molar-refractivity contribution in [1.29, 1.82) is 10.8 Å². The minimum absolute atomic E-state index is 0. The van der Waals surface area contributed by atoms with E-state index in [4.69, 9.17) is 22.3 Å². The highest BCUT2D eigenvalue weighted by Crippen LogP contribution is 2.24. The first-order chi connectivity index (χ1) is 12.7. The van der Waals surface area contributed by atoms with Gasteiger partial charge in [0.05, 0.1) is 5.69 Å². The lowest BCUT2D eigenvalue weighted by molar-refractivity contribution is 0.590. The molecule has 0 aliphatic heterocycles. The maximum Gasteiger partial charge on any atom is 0.232 e. The van der Waals surface area contributed by atoms with Gasteiger partial charge < -0.3 is 11.5 Å². The predicted octanol–water partition coefficient (Wildman–Crippen LogP) is 2.35. The molecule has 0 spiro atoms. The van der Waals surface area contributed by atoms with Gasteiger partial charge in [-0.25, -0.2) is 13.4 Å². The average molecular weight is 455 g/mol. The van der Waals surface area contributed by atoms with Gasteiger partial charge >= 0.3 is 0 Å². The smallest absolute Gasteiger partial charge is 0.232 e. The van der Waals surface area contributed by atoms with Gasteiger partial charge in [0.1, 0.15) is 11.7 Å². The van der Waals surface area contributed by atoms with Crippen molar-refractivity contribution in [1.82, 2.24) is 9.55 Å². The summed E-state index contributed by atoms with van der Waals surface area (Å²) in [5.41, 5.74) is 13.8. The maximum atomic E-state index is 12.2. The average Bonchev–Trinajstić information content (AvgIpc) is 3.07. The van der Waals surface area contributed by atoms with Gasteiger partial charge in [0, 0.05) is 34.8 Å². The van der Waals surface area contributed by atoms with Crippen LogP contribution in [0.15, 0.2) is 59.9 Å². The lowest BCUT2D eigenvalue weighted by atomic mass is 10.1. The summed E-state index contributed by atoms with van der Waals surface area (Å²) in [4.78, 5) is 4.28. The summed E-state index contributed by atoms with van der Waals surface area (Å²) in [5, 5.41) is 14.8. The molecule has 0 amide bonds. The molecule has 0 saturated heterocycles. The van der Waals surface area contributed by atoms with Crippen LogP contribution in [0.25, 0.3) is 16.9 Å². The normalized spacial score (nSPS) is 10.5. The van der Waals surface area contributed by atoms with Crippen LogP contribution in [0.2, 0.25) is 0 Å². The number of hydrogen-bond acceptors (Lipinski definition) is 5. The van der Waals surface area contributed by atoms with Crippen molar-refractivity contribution in [3.8, 4) is 16.9 Å². The van der Waals surface area contributed by atoms with Crippen molar-refractivity contribution in [2.45, 2.75) is 5.16 Å². The number of imidazole rings is 1. The Bertz CT molecular complexity index is 1140. The summed E-state index contributed by atoms with van der Waals surface area (Å²) in [6, 6.07) is 13.5. The molecule has 1 heterocycles. The van der Waals surface area contributed by atoms with E-state index < -0.39 is 9.84 Å². The van der Waals surface area contributed by atoms with E-state index in [1.165, 1.54) is 4.57 Å². The number of nitrogens with zero attached hydrogens (tertiary/aromatic N) is 2. The number of aromatic nitrogens is 2. The topological polar surface area (TPSA) is 152 Å². The predicted molar refractivity (Wildman–Crippen MR) is 119 cm³/mol. The molecule has 3 rings (SSSR count). The van der Waals surface area contributed by atoms with Crippen LogP contribution in [0.3, 0.4) is 0 Å². The van der Waals surface area contributed by atoms with Crippen molar-refractivity contribution in [2.24, 2.45) is 11.5 Å². The molecule has 8 nitrogen and oxygen atoms in total. The van der Waals surface area contributed by atoms with Crippen LogP contribution in [-0.4, -0.2) is 35.9 Å². The minimum Gasteiger partial charge on any atom is -0.384 e. The number of rotatable bonds is 5. The second-order valence-corrected chi connectivity index (χ2v) is 7.91. The van der Waals surface area contributed by atoms with Crippen molar-refractivity contribution in [2.75, 3.05) is 6.26 Å². The van der Waals surface area contributed by atoms with Gasteiger partial charge in [0.15, 0.2) is 0 Å². The van der Waals surface area contributed by atoms with Gasteiger partial charge in [-0.05, 0) is 24.3 Å². The van der Waals surface area contributed by atoms with Gasteiger partial charge in [-0.2, -0.15) is 0 Å². The fourth-order valence-corrected chi connectivity index (χ4v) is 3.35. The number of sulfone groups is 1. The first kappa shape index (κ1) is 24.2. The molecule has 2 aromatic carbocycles. The molecule has 0 unspecified atom stereocenters. The molecule has 3 aromatic rings. The Labute approximate surface area is 180 Å². The molecule has 0 aliphatic rings. The van der Waals surface area contributed by atoms with Gasteiger partial charge in [0.2, 0.25) is 15.0 Å². The van der Waals surface area contributed by atoms with Gasteiger partial charge in [-0.1, -0.05) is 24.3 Å². The fourth-order valence-electron chi connectivity index (χ4n) is 2.57. The van der Waals surface area contributed by atoms with Crippen LogP contribution in [0.5, 0.6) is 0 Å². The SMILES string of the molecule is CS(=O)(=O)c1nc(-c2ccc(C(=N)N)cc2)cn1-c1ccc(C(=N)N)cc1.Cl.Cl. The Morgan fingerprint density at radius 1 is 0.897 bits per heavy atom. The number of nitrogens with one attached hydrogen (secondary N) is 2. The van der Waals surface area contributed by atoms with Crippen LogP contribution in [-0.2, 0) is 9.84 Å². The Morgan fingerprint density at radius 3 is 1.76 bits per heavy atom. The first-order valence-corrected chi connectivity index (χ1v) is 9.75. The number of nitrogens with two attached hydrogens (primary N) is 2. The second kappa shape index (κ2) is 9.08. The third-order valence-electron chi connectivity index (χ3n) is 3.95. The highest BCUT2D eigenvalue weighted by Gasteiger charge is 2.19. The number of amidine groups is 2. The molecule has 154 valence electrons. The van der Waals surface area contributed by atoms with Crippen molar-refractivity contribution in [3.63, 3.8) is 0 Å². The van der Waals surface area contributed by atoms with Crippen LogP contribution >= 0.6 is 24.8 Å². The number of benzene rings is 2. The van der Waals surface area contributed by atoms with E-state index in [0.717, 1.165) is 6.26 Å². The second-order valence-electron chi connectivity index (χ2n) is 6.00. The number of nitrogen functional groups attached to an aromatic ring is 2. The summed E-state index contributed by atoms with van der Waals surface area (Å²) in [7, 11) is -3.59. The van der Waals surface area contributed by atoms with Crippen LogP contribution in [0.4, 0.5) is 0 Å². The standard InChI is InChI=1S/C18H18N6O2S.2ClH/c1-27(25,26)18-23-15(11-2-4-12(5-3-11)16(19)20)10-24(18)14-8-6-13(7-9-14)17(21)22;;/h2-10H,1H3,(H3,19,20)(H3,21,22);2*1H. The first-order valence-electron chi connectivity index (χ1n) is 7.86. The molecule has 0 atom stereocenters. The monoisotopic (exact) mass is 454 g/mol. The van der Waals surface area contributed by atoms with Gasteiger partial charge in [0.25, 0.3) is 0 Å². The molecule has 0 aliphatic carbocycles. The number of halogens is 2. The Balaban J connectivity index is 0.00000210. The molecule has 11 heteroatoms. The van der Waals surface area contributed by atoms with E-state index in [0.29, 0.717) is 28.1 Å². The van der Waals surface area contributed by atoms with Crippen LogP contribution in [0, 0.1) is 10.8 Å². The van der Waals surface area contributed by atoms with E-state index in [1.54, 1.807) is 54.7 Å². The third kappa shape index (κ3) is 5.14. The molecule has 0 fully saturated rings. The Kier molecular flexibility index (Phi) is 7.56. The van der Waals surface area contributed by atoms with Gasteiger partial charge in [-0.15, -0.1) is 24.8 Å². The summed E-state index contributed by atoms with van der Waals surface area (Å²) < 4.78 is 25.9. The highest BCUT2D eigenvalue weighted by molar-refractivity contribution is 7.90. The lowest BCUT2D eigenvalue weighted by Gasteiger charge is -2.07. The minimum atomic E-state index is -3.59. The molecule has 6 N–H and O–H groups in total. The lowest BCUT2D eigenvalue weighted by Crippen LogP contribution is -2.11. The molecule has 0 saturated carbocycles. The number of hydrogen-bond donors (Lipinski definition) is 4. The fraction of sp³-hybridized carbons (Fsp3) is 0.0556. The molecule has 1 aromatic heterocycles. The summed E-state index contributed by atoms with van der Waals surface area (Å²) in [5.74, 6) is -0.115. The molecular formula is C18H20Cl2N6O2S. The van der Waals surface area contributed by atoms with E-state index in [-0.39, 0.29) is 41.6 Å². The zero-order valence-corrected chi connectivity index (χ0v) is 17.7. The van der Waals surface area contributed by atoms with Crippen molar-refractivity contribution < 1.29 is 8.42 Å². The zero-order valence-electron chi connectivity index (χ0n) is 15.3. The summed E-state index contributed by atoms with van der Waals surface area (Å²) >= 11 is 0. The third-order valence-corrected chi connectivity index (χ3v) is 4.90. The van der Waals surface area contributed by atoms with Gasteiger partial charge in [-0.3, -0.25) is 15.4 Å². The van der Waals surface area contributed by atoms with Crippen LogP contribution in [0.1, 0.15) is 11.1 Å². The molecule has 0 bridgehead atoms. The maximum absolute atomic E-state index is 12.2. The zero-order chi connectivity index (χ0) is 19.8. The molecule has 29 heavy (non-hydrogen) atoms. The van der Waals surface area contributed by atoms with Crippen molar-refractivity contribution in [3.05, 3.63) is 65.9 Å². The highest BCUT2D eigenvalue weighted by atomic mass is 35.5. The van der Waals surface area contributed by atoms with Crippen molar-refractivity contribution >= 4 is 46.3 Å². The van der Waals surface area contributed by atoms with E-state index in [1.807, 2.05) is 0 Å². The van der Waals surface area contributed by atoms with Crippen LogP contribution < -0.4 is 11.5 Å². The Morgan fingerprint density at radius 2 is 1.34 bits per heavy atom. The Hall–Kier alpha value is -2.88.